The number of carbonyl (C=O) groups is 2. The van der Waals surface area contributed by atoms with Crippen molar-refractivity contribution in [1.29, 1.82) is 0 Å². The van der Waals surface area contributed by atoms with E-state index in [-0.39, 0.29) is 33.4 Å². The second-order valence-corrected chi connectivity index (χ2v) is 12.4. The first-order valence-electron chi connectivity index (χ1n) is 15.6. The molecule has 3 aromatic carbocycles. The zero-order valence-electron chi connectivity index (χ0n) is 27.6. The van der Waals surface area contributed by atoms with Gasteiger partial charge in [-0.1, -0.05) is 6.07 Å². The van der Waals surface area contributed by atoms with Gasteiger partial charge in [0.15, 0.2) is 11.5 Å². The van der Waals surface area contributed by atoms with Crippen LogP contribution < -0.4 is 20.1 Å². The maximum Gasteiger partial charge on any atom is 0.349 e. The van der Waals surface area contributed by atoms with Crippen molar-refractivity contribution >= 4 is 34.1 Å². The molecule has 2 aliphatic rings. The lowest BCUT2D eigenvalue weighted by Crippen LogP contribution is -2.94. The molecule has 55 heavy (non-hydrogen) atoms. The zero-order chi connectivity index (χ0) is 40.5. The second-order valence-electron chi connectivity index (χ2n) is 12.4. The van der Waals surface area contributed by atoms with Crippen molar-refractivity contribution in [1.82, 2.24) is 14.8 Å². The van der Waals surface area contributed by atoms with Crippen LogP contribution >= 0.6 is 0 Å². The monoisotopic (exact) mass is 777 g/mol. The van der Waals surface area contributed by atoms with Gasteiger partial charge in [-0.05, 0) is 60.7 Å². The molecule has 6 rings (SSSR count). The number of nitrogens with one attached hydrogen (secondary N) is 2. The maximum atomic E-state index is 14.8. The Morgan fingerprint density at radius 1 is 0.709 bits per heavy atom. The van der Waals surface area contributed by atoms with Crippen LogP contribution in [0.5, 0.6) is 11.5 Å². The van der Waals surface area contributed by atoms with E-state index in [1.807, 2.05) is 0 Å². The van der Waals surface area contributed by atoms with Crippen molar-refractivity contribution in [2.45, 2.75) is 42.1 Å². The third-order valence-corrected chi connectivity index (χ3v) is 8.64. The largest absolute Gasteiger partial charge is 0.486 e. The quantitative estimate of drug-likeness (QED) is 0.0751. The number of anilines is 2. The van der Waals surface area contributed by atoms with Gasteiger partial charge in [0.05, 0.1) is 23.4 Å². The van der Waals surface area contributed by atoms with Gasteiger partial charge in [0.1, 0.15) is 19.0 Å². The van der Waals surface area contributed by atoms with Crippen LogP contribution in [0.1, 0.15) is 26.4 Å². The topological polar surface area (TPSA) is 359 Å². The van der Waals surface area contributed by atoms with Gasteiger partial charge >= 0.3 is 35.5 Å². The smallest absolute Gasteiger partial charge is 0.349 e. The lowest BCUT2D eigenvalue weighted by molar-refractivity contribution is -0.660. The summed E-state index contributed by atoms with van der Waals surface area (Å²) in [6, 6.07) is 14.0. The molecule has 294 valence electrons. The molecule has 0 bridgehead atoms. The molecular weight excluding hydrogens is 745 g/mol. The van der Waals surface area contributed by atoms with Crippen LogP contribution in [0.2, 0.25) is 0 Å². The third-order valence-electron chi connectivity index (χ3n) is 8.64. The third kappa shape index (κ3) is 6.69. The molecule has 15 N–H and O–H groups in total. The minimum atomic E-state index is -5.08. The fraction of sp³-hybridized carbons (Fsp3) is 0.281. The van der Waals surface area contributed by atoms with Crippen LogP contribution in [-0.4, -0.2) is 142 Å². The standard InChI is InChI=1S/C32H32FN5O17/c33-20-6-5-18(35-25(39)17-3-8-23-24(12-17)55-10-9-54-23)13-22(20)36-26(40)16-2-7-21-15(11-16)1-4-19(34-21)14-37-27(41,42)29(45,46)38(30(47,48)28(37,43)44)31(49,50)32(51,52)53/h1-8,11-13,41-53H,9-10,14H2,(H,35,39)(H,36,40). The van der Waals surface area contributed by atoms with E-state index in [0.29, 0.717) is 24.7 Å². The predicted molar refractivity (Wildman–Crippen MR) is 174 cm³/mol. The van der Waals surface area contributed by atoms with Gasteiger partial charge in [-0.15, -0.1) is 4.90 Å². The van der Waals surface area contributed by atoms with E-state index in [2.05, 4.69) is 15.6 Å². The molecule has 0 aliphatic carbocycles. The number of piperazine rings is 1. The highest BCUT2D eigenvalue weighted by Crippen LogP contribution is 2.48. The van der Waals surface area contributed by atoms with Crippen LogP contribution in [0.4, 0.5) is 15.8 Å². The number of rotatable bonds is 8. The van der Waals surface area contributed by atoms with E-state index in [9.17, 15) is 80.4 Å². The first kappa shape index (κ1) is 39.6. The minimum Gasteiger partial charge on any atom is -0.486 e. The van der Waals surface area contributed by atoms with Crippen molar-refractivity contribution in [3.8, 4) is 11.5 Å². The van der Waals surface area contributed by atoms with Gasteiger partial charge in [-0.2, -0.15) is 4.90 Å². The minimum absolute atomic E-state index is 0.0135. The van der Waals surface area contributed by atoms with E-state index in [1.165, 1.54) is 48.5 Å². The highest BCUT2D eigenvalue weighted by Gasteiger charge is 2.82. The molecule has 1 aromatic heterocycles. The normalized spacial score (nSPS) is 19.2. The van der Waals surface area contributed by atoms with E-state index < -0.39 is 75.2 Å². The molecule has 22 nitrogen and oxygen atoms in total. The van der Waals surface area contributed by atoms with Crippen molar-refractivity contribution in [2.75, 3.05) is 23.8 Å². The number of nitrogens with zero attached hydrogens (tertiary/aromatic N) is 3. The molecule has 2 amide bonds. The summed E-state index contributed by atoms with van der Waals surface area (Å²) in [5.41, 5.74) is -0.398. The van der Waals surface area contributed by atoms with Crippen molar-refractivity contribution in [3.63, 3.8) is 0 Å². The molecule has 0 saturated carbocycles. The Balaban J connectivity index is 1.20. The SMILES string of the molecule is O=C(Nc1ccc(F)c(NC(=O)c2ccc3nc(CN4C(O)(O)C(O)(O)N(C(O)(O)C(O)(O)O)C(O)(O)C4(O)O)ccc3c2)c1)c1ccc2c(c1)OCCO2. The first-order valence-corrected chi connectivity index (χ1v) is 15.6. The van der Waals surface area contributed by atoms with Gasteiger partial charge in [0.2, 0.25) is 0 Å². The molecule has 1 fully saturated rings. The van der Waals surface area contributed by atoms with Gasteiger partial charge < -0.3 is 86.5 Å². The fourth-order valence-electron chi connectivity index (χ4n) is 5.74. The average Bonchev–Trinajstić information content (AvgIpc) is 3.09. The summed E-state index contributed by atoms with van der Waals surface area (Å²) in [7, 11) is 0. The summed E-state index contributed by atoms with van der Waals surface area (Å²) in [6.45, 7) is -0.675. The Bertz CT molecular complexity index is 2150. The number of halogens is 1. The van der Waals surface area contributed by atoms with Crippen LogP contribution in [-0.2, 0) is 6.54 Å². The summed E-state index contributed by atoms with van der Waals surface area (Å²) >= 11 is 0. The van der Waals surface area contributed by atoms with Crippen molar-refractivity contribution < 1.29 is 89.8 Å². The molecule has 3 heterocycles. The van der Waals surface area contributed by atoms with Gasteiger partial charge in [0.25, 0.3) is 11.8 Å². The van der Waals surface area contributed by atoms with Crippen molar-refractivity contribution in [3.05, 3.63) is 89.4 Å². The molecule has 0 atom stereocenters. The number of carbonyl (C=O) groups excluding carboxylic acids is 2. The Kier molecular flexibility index (Phi) is 9.59. The summed E-state index contributed by atoms with van der Waals surface area (Å²) in [5.74, 6) is -30.4. The van der Waals surface area contributed by atoms with E-state index in [1.54, 1.807) is 6.07 Å². The van der Waals surface area contributed by atoms with Crippen molar-refractivity contribution in [2.24, 2.45) is 0 Å². The van der Waals surface area contributed by atoms with Gasteiger partial charge in [-0.25, -0.2) is 4.39 Å². The zero-order valence-corrected chi connectivity index (χ0v) is 27.6. The van der Waals surface area contributed by atoms with E-state index >= 15 is 0 Å². The summed E-state index contributed by atoms with van der Waals surface area (Å²) in [6.07, 6.45) is 0. The number of pyridine rings is 1. The van der Waals surface area contributed by atoms with Crippen LogP contribution in [0.25, 0.3) is 10.9 Å². The number of aromatic nitrogens is 1. The van der Waals surface area contributed by atoms with Gasteiger partial charge in [-0.3, -0.25) is 14.6 Å². The van der Waals surface area contributed by atoms with Crippen LogP contribution in [0.15, 0.2) is 66.7 Å². The number of fused-ring (bicyclic) bond motifs is 2. The van der Waals surface area contributed by atoms with E-state index in [4.69, 9.17) is 9.47 Å². The molecule has 2 aliphatic heterocycles. The first-order chi connectivity index (χ1) is 25.4. The number of ether oxygens (including phenoxy) is 2. The highest BCUT2D eigenvalue weighted by molar-refractivity contribution is 6.07. The Morgan fingerprint density at radius 3 is 1.93 bits per heavy atom. The molecule has 0 spiro atoms. The Labute approximate surface area is 305 Å². The molecular formula is C32H32FN5O17. The number of amides is 2. The Morgan fingerprint density at radius 2 is 1.29 bits per heavy atom. The molecule has 0 radical (unpaired) electrons. The van der Waals surface area contributed by atoms with Gasteiger partial charge in [0, 0.05) is 22.2 Å². The number of hydrogen-bond donors (Lipinski definition) is 15. The number of hydrogen-bond acceptors (Lipinski definition) is 20. The molecule has 0 unspecified atom stereocenters. The number of benzene rings is 3. The molecule has 23 heteroatoms. The summed E-state index contributed by atoms with van der Waals surface area (Å²) in [4.78, 5) is 27.8. The predicted octanol–water partition coefficient (Wildman–Crippen LogP) is -4.41. The summed E-state index contributed by atoms with van der Waals surface area (Å²) in [5, 5.41) is 137. The summed E-state index contributed by atoms with van der Waals surface area (Å²) < 4.78 is 25.7. The second kappa shape index (κ2) is 13.3. The van der Waals surface area contributed by atoms with E-state index in [0.717, 1.165) is 12.1 Å². The molecule has 4 aromatic rings. The Hall–Kier alpha value is -5.06. The highest BCUT2D eigenvalue weighted by atomic mass is 19.1. The lowest BCUT2D eigenvalue weighted by atomic mass is 10.0. The maximum absolute atomic E-state index is 14.8. The lowest BCUT2D eigenvalue weighted by Gasteiger charge is -2.62. The molecule has 1 saturated heterocycles. The fourth-order valence-corrected chi connectivity index (χ4v) is 5.74. The van der Waals surface area contributed by atoms with Crippen LogP contribution in [0.3, 0.4) is 0 Å². The van der Waals surface area contributed by atoms with Crippen LogP contribution in [0, 0.1) is 5.82 Å². The number of aliphatic hydroxyl groups is 13. The average molecular weight is 778 g/mol.